The first kappa shape index (κ1) is 21.3. The highest BCUT2D eigenvalue weighted by molar-refractivity contribution is 5.84. The van der Waals surface area contributed by atoms with Gasteiger partial charge in [-0.15, -0.1) is 0 Å². The first-order valence-corrected chi connectivity index (χ1v) is 11.0. The summed E-state index contributed by atoms with van der Waals surface area (Å²) in [5, 5.41) is 0. The van der Waals surface area contributed by atoms with Gasteiger partial charge in [-0.1, -0.05) is 12.1 Å². The molecule has 1 saturated heterocycles. The number of halogens is 1. The first-order valence-electron chi connectivity index (χ1n) is 11.0. The molecule has 1 amide bonds. The average Bonchev–Trinajstić information content (AvgIpc) is 2.78. The third kappa shape index (κ3) is 3.87. The molecule has 3 aliphatic carbocycles. The van der Waals surface area contributed by atoms with Crippen LogP contribution in [0.4, 0.5) is 4.39 Å². The van der Waals surface area contributed by atoms with Gasteiger partial charge in [-0.25, -0.2) is 4.39 Å². The maximum atomic E-state index is 13.2. The van der Waals surface area contributed by atoms with Crippen molar-refractivity contribution in [1.82, 2.24) is 4.90 Å². The molecule has 1 aliphatic heterocycles. The van der Waals surface area contributed by atoms with E-state index in [1.807, 2.05) is 12.1 Å². The Kier molecular flexibility index (Phi) is 6.16. The third-order valence-electron chi connectivity index (χ3n) is 7.65. The van der Waals surface area contributed by atoms with Crippen molar-refractivity contribution in [2.75, 3.05) is 40.0 Å². The Balaban J connectivity index is 1.35. The second kappa shape index (κ2) is 8.67. The Bertz CT molecular complexity index is 762. The monoisotopic (exact) mass is 416 g/mol. The first-order chi connectivity index (χ1) is 14.5. The Hall–Kier alpha value is -1.92. The molecule has 2 N–H and O–H groups in total. The van der Waals surface area contributed by atoms with Crippen LogP contribution in [0.1, 0.15) is 44.1 Å². The second-order valence-electron chi connectivity index (χ2n) is 9.38. The number of rotatable bonds is 8. The number of nitrogens with two attached hydrogens (primary N) is 1. The minimum Gasteiger partial charge on any atom is -0.489 e. The van der Waals surface area contributed by atoms with Crippen LogP contribution in [0.5, 0.6) is 5.75 Å². The van der Waals surface area contributed by atoms with E-state index in [1.54, 1.807) is 7.11 Å². The van der Waals surface area contributed by atoms with Crippen LogP contribution in [0.3, 0.4) is 0 Å². The van der Waals surface area contributed by atoms with Gasteiger partial charge < -0.3 is 20.1 Å². The van der Waals surface area contributed by atoms with Gasteiger partial charge in [-0.3, -0.25) is 4.79 Å². The maximum absolute atomic E-state index is 13.2. The number of methoxy groups -OCH3 is 1. The van der Waals surface area contributed by atoms with Crippen LogP contribution >= 0.6 is 0 Å². The lowest BCUT2D eigenvalue weighted by Gasteiger charge is -2.55. The SMILES string of the molecule is COCC1CN(C(=O)C23CCC(c4ccc(OCC(=CF)CN)cc4)(CC2)CC3)C1. The molecule has 0 atom stereocenters. The predicted octanol–water partition coefficient (Wildman–Crippen LogP) is 3.57. The number of nitrogens with zero attached hydrogens (tertiary/aromatic N) is 1. The van der Waals surface area contributed by atoms with Gasteiger partial charge in [0.25, 0.3) is 0 Å². The molecule has 1 heterocycles. The van der Waals surface area contributed by atoms with E-state index >= 15 is 0 Å². The molecule has 5 rings (SSSR count). The van der Waals surface area contributed by atoms with Crippen LogP contribution < -0.4 is 10.5 Å². The summed E-state index contributed by atoms with van der Waals surface area (Å²) in [7, 11) is 1.72. The van der Waals surface area contributed by atoms with Crippen molar-refractivity contribution in [3.8, 4) is 5.75 Å². The molecule has 1 aromatic rings. The minimum atomic E-state index is -0.139. The van der Waals surface area contributed by atoms with Crippen LogP contribution in [-0.4, -0.2) is 50.8 Å². The molecule has 0 aromatic heterocycles. The summed E-state index contributed by atoms with van der Waals surface area (Å²) >= 11 is 0. The zero-order chi connectivity index (χ0) is 21.2. The maximum Gasteiger partial charge on any atom is 0.228 e. The third-order valence-corrected chi connectivity index (χ3v) is 7.65. The molecular formula is C24H33FN2O3. The highest BCUT2D eigenvalue weighted by Crippen LogP contribution is 2.58. The lowest BCUT2D eigenvalue weighted by molar-refractivity contribution is -0.157. The van der Waals surface area contributed by atoms with Gasteiger partial charge in [-0.05, 0) is 61.6 Å². The van der Waals surface area contributed by atoms with Gasteiger partial charge in [0.1, 0.15) is 12.4 Å². The molecule has 0 spiro atoms. The molecule has 30 heavy (non-hydrogen) atoms. The van der Waals surface area contributed by atoms with E-state index in [0.717, 1.165) is 64.0 Å². The number of likely N-dealkylation sites (tertiary alicyclic amines) is 1. The van der Waals surface area contributed by atoms with E-state index in [4.69, 9.17) is 15.2 Å². The van der Waals surface area contributed by atoms with E-state index in [2.05, 4.69) is 17.0 Å². The van der Waals surface area contributed by atoms with Crippen molar-refractivity contribution in [3.63, 3.8) is 0 Å². The van der Waals surface area contributed by atoms with Gasteiger partial charge in [0.05, 0.1) is 12.9 Å². The number of carbonyl (C=O) groups is 1. The second-order valence-corrected chi connectivity index (χ2v) is 9.38. The molecule has 6 heteroatoms. The molecule has 164 valence electrons. The van der Waals surface area contributed by atoms with Crippen LogP contribution in [0.15, 0.2) is 36.2 Å². The molecule has 4 fully saturated rings. The van der Waals surface area contributed by atoms with Crippen molar-refractivity contribution in [3.05, 3.63) is 41.7 Å². The highest BCUT2D eigenvalue weighted by atomic mass is 19.1. The average molecular weight is 417 g/mol. The number of carbonyl (C=O) groups excluding carboxylic acids is 1. The fourth-order valence-corrected chi connectivity index (χ4v) is 5.57. The molecule has 0 unspecified atom stereocenters. The van der Waals surface area contributed by atoms with Crippen LogP contribution in [0.25, 0.3) is 0 Å². The quantitative estimate of drug-likeness (QED) is 0.704. The fraction of sp³-hybridized carbons (Fsp3) is 0.625. The molecular weight excluding hydrogens is 383 g/mol. The lowest BCUT2D eigenvalue weighted by Crippen LogP contribution is -2.59. The number of amides is 1. The highest BCUT2D eigenvalue weighted by Gasteiger charge is 2.54. The van der Waals surface area contributed by atoms with Crippen molar-refractivity contribution < 1.29 is 18.7 Å². The van der Waals surface area contributed by atoms with Crippen molar-refractivity contribution in [2.24, 2.45) is 17.1 Å². The molecule has 2 bridgehead atoms. The van der Waals surface area contributed by atoms with Crippen LogP contribution in [-0.2, 0) is 14.9 Å². The Morgan fingerprint density at radius 2 is 1.80 bits per heavy atom. The summed E-state index contributed by atoms with van der Waals surface area (Å²) in [6.07, 6.45) is 6.66. The fourth-order valence-electron chi connectivity index (χ4n) is 5.57. The Morgan fingerprint density at radius 1 is 1.17 bits per heavy atom. The van der Waals surface area contributed by atoms with Crippen molar-refractivity contribution in [1.29, 1.82) is 0 Å². The normalized spacial score (nSPS) is 29.0. The van der Waals surface area contributed by atoms with Crippen molar-refractivity contribution in [2.45, 2.75) is 43.9 Å². The lowest BCUT2D eigenvalue weighted by atomic mass is 9.51. The summed E-state index contributed by atoms with van der Waals surface area (Å²) < 4.78 is 23.5. The standard InChI is InChI=1S/C24H33FN2O3/c1-29-16-19-14-27(15-19)22(28)24-9-6-23(7-10-24,8-11-24)20-2-4-21(5-3-20)30-17-18(12-25)13-26/h2-5,12,19H,6-11,13-17,26H2,1H3. The predicted molar refractivity (Wildman–Crippen MR) is 114 cm³/mol. The summed E-state index contributed by atoms with van der Waals surface area (Å²) in [5.74, 6) is 1.61. The van der Waals surface area contributed by atoms with Crippen molar-refractivity contribution >= 4 is 5.91 Å². The molecule has 3 saturated carbocycles. The van der Waals surface area contributed by atoms with Gasteiger partial charge >= 0.3 is 0 Å². The smallest absolute Gasteiger partial charge is 0.228 e. The number of ether oxygens (including phenoxy) is 2. The van der Waals surface area contributed by atoms with Crippen LogP contribution in [0, 0.1) is 11.3 Å². The summed E-state index contributed by atoms with van der Waals surface area (Å²) in [6.45, 7) is 2.78. The number of fused-ring (bicyclic) bond motifs is 3. The Labute approximate surface area is 178 Å². The largest absolute Gasteiger partial charge is 0.489 e. The zero-order valence-electron chi connectivity index (χ0n) is 17.9. The van der Waals surface area contributed by atoms with E-state index in [9.17, 15) is 9.18 Å². The molecule has 1 aromatic carbocycles. The van der Waals surface area contributed by atoms with Crippen LogP contribution in [0.2, 0.25) is 0 Å². The number of benzene rings is 1. The summed E-state index contributed by atoms with van der Waals surface area (Å²) in [6, 6.07) is 8.21. The zero-order valence-corrected chi connectivity index (χ0v) is 17.9. The molecule has 5 nitrogen and oxygen atoms in total. The van der Waals surface area contributed by atoms with Gasteiger partial charge in [0.15, 0.2) is 0 Å². The van der Waals surface area contributed by atoms with E-state index in [0.29, 0.717) is 23.7 Å². The van der Waals surface area contributed by atoms with E-state index < -0.39 is 0 Å². The molecule has 0 radical (unpaired) electrons. The minimum absolute atomic E-state index is 0.139. The summed E-state index contributed by atoms with van der Waals surface area (Å²) in [5.41, 5.74) is 7.28. The van der Waals surface area contributed by atoms with E-state index in [-0.39, 0.29) is 24.0 Å². The topological polar surface area (TPSA) is 64.8 Å². The molecule has 4 aliphatic rings. The van der Waals surface area contributed by atoms with Gasteiger partial charge in [0, 0.05) is 43.7 Å². The summed E-state index contributed by atoms with van der Waals surface area (Å²) in [4.78, 5) is 15.2. The Morgan fingerprint density at radius 3 is 2.33 bits per heavy atom. The number of hydrogen-bond acceptors (Lipinski definition) is 4. The van der Waals surface area contributed by atoms with Gasteiger partial charge in [-0.2, -0.15) is 0 Å². The number of hydrogen-bond donors (Lipinski definition) is 1. The van der Waals surface area contributed by atoms with Gasteiger partial charge in [0.2, 0.25) is 5.91 Å². The van der Waals surface area contributed by atoms with E-state index in [1.165, 1.54) is 5.56 Å².